The number of alkyl halides is 1. The molecule has 2 fully saturated rings. The number of anilines is 1. The van der Waals surface area contributed by atoms with Crippen molar-refractivity contribution in [1.29, 1.82) is 0 Å². The first-order valence-corrected chi connectivity index (χ1v) is 9.26. The van der Waals surface area contributed by atoms with Crippen LogP contribution in [-0.2, 0) is 5.33 Å². The lowest BCUT2D eigenvalue weighted by Gasteiger charge is -2.41. The van der Waals surface area contributed by atoms with Crippen LogP contribution in [-0.4, -0.2) is 22.5 Å². The molecule has 0 spiro atoms. The third-order valence-electron chi connectivity index (χ3n) is 5.33. The van der Waals surface area contributed by atoms with Gasteiger partial charge >= 0.3 is 0 Å². The van der Waals surface area contributed by atoms with E-state index in [1.807, 2.05) is 0 Å². The number of aromatic nitrogens is 2. The number of fused-ring (bicyclic) bond motifs is 2. The Morgan fingerprint density at radius 2 is 2.00 bits per heavy atom. The van der Waals surface area contributed by atoms with E-state index in [0.717, 1.165) is 22.8 Å². The highest BCUT2D eigenvalue weighted by atomic mass is 79.9. The zero-order valence-corrected chi connectivity index (χ0v) is 13.9. The number of pyridine rings is 1. The van der Waals surface area contributed by atoms with Gasteiger partial charge in [-0.05, 0) is 36.8 Å². The van der Waals surface area contributed by atoms with Gasteiger partial charge in [-0.25, -0.2) is 4.98 Å². The zero-order valence-electron chi connectivity index (χ0n) is 12.3. The molecule has 2 aromatic rings. The molecule has 21 heavy (non-hydrogen) atoms. The van der Waals surface area contributed by atoms with Crippen molar-refractivity contribution in [3.05, 3.63) is 30.1 Å². The van der Waals surface area contributed by atoms with E-state index in [2.05, 4.69) is 49.6 Å². The zero-order chi connectivity index (χ0) is 14.2. The molecule has 0 bridgehead atoms. The standard InChI is InChI=1S/C17H22BrN3/c18-11-15-17(19-16-7-3-4-9-21(15)16)20-10-8-13-5-1-2-6-14(13)12-20/h3-4,7,9,13-14H,1-2,5-6,8,10-12H2. The van der Waals surface area contributed by atoms with Crippen LogP contribution in [0.25, 0.3) is 5.65 Å². The number of rotatable bonds is 2. The largest absolute Gasteiger partial charge is 0.355 e. The fourth-order valence-corrected chi connectivity index (χ4v) is 4.73. The van der Waals surface area contributed by atoms with Crippen molar-refractivity contribution in [2.24, 2.45) is 11.8 Å². The van der Waals surface area contributed by atoms with E-state index in [4.69, 9.17) is 4.98 Å². The predicted octanol–water partition coefficient (Wildman–Crippen LogP) is 4.25. The normalized spacial score (nSPS) is 26.0. The van der Waals surface area contributed by atoms with Crippen molar-refractivity contribution < 1.29 is 0 Å². The van der Waals surface area contributed by atoms with E-state index in [0.29, 0.717) is 0 Å². The number of halogens is 1. The highest BCUT2D eigenvalue weighted by Gasteiger charge is 2.32. The number of piperidine rings is 1. The first-order chi connectivity index (χ1) is 10.4. The summed E-state index contributed by atoms with van der Waals surface area (Å²) in [6, 6.07) is 6.25. The number of hydrogen-bond donors (Lipinski definition) is 0. The molecule has 0 amide bonds. The maximum atomic E-state index is 4.90. The monoisotopic (exact) mass is 347 g/mol. The maximum absolute atomic E-state index is 4.90. The Hall–Kier alpha value is -1.03. The summed E-state index contributed by atoms with van der Waals surface area (Å²) in [5.74, 6) is 3.06. The van der Waals surface area contributed by atoms with Gasteiger partial charge in [-0.3, -0.25) is 0 Å². The van der Waals surface area contributed by atoms with Crippen LogP contribution in [0, 0.1) is 11.8 Å². The highest BCUT2D eigenvalue weighted by Crippen LogP contribution is 2.38. The van der Waals surface area contributed by atoms with Crippen LogP contribution < -0.4 is 4.90 Å². The second-order valence-electron chi connectivity index (χ2n) is 6.48. The van der Waals surface area contributed by atoms with Gasteiger partial charge in [0.2, 0.25) is 0 Å². The van der Waals surface area contributed by atoms with Gasteiger partial charge < -0.3 is 9.30 Å². The van der Waals surface area contributed by atoms with E-state index in [-0.39, 0.29) is 0 Å². The predicted molar refractivity (Wildman–Crippen MR) is 90.1 cm³/mol. The summed E-state index contributed by atoms with van der Waals surface area (Å²) < 4.78 is 2.22. The third kappa shape index (κ3) is 2.37. The van der Waals surface area contributed by atoms with Crippen molar-refractivity contribution in [2.45, 2.75) is 37.4 Å². The van der Waals surface area contributed by atoms with E-state index < -0.39 is 0 Å². The number of hydrogen-bond acceptors (Lipinski definition) is 2. The summed E-state index contributed by atoms with van der Waals surface area (Å²) in [7, 11) is 0. The van der Waals surface area contributed by atoms with Crippen LogP contribution in [0.3, 0.4) is 0 Å². The minimum Gasteiger partial charge on any atom is -0.355 e. The van der Waals surface area contributed by atoms with Crippen LogP contribution in [0.15, 0.2) is 24.4 Å². The summed E-state index contributed by atoms with van der Waals surface area (Å²) in [6.45, 7) is 2.37. The SMILES string of the molecule is BrCc1c(N2CCC3CCCCC3C2)nc2ccccn12. The quantitative estimate of drug-likeness (QED) is 0.757. The fourth-order valence-electron chi connectivity index (χ4n) is 4.20. The molecular formula is C17H22BrN3. The van der Waals surface area contributed by atoms with Crippen LogP contribution in [0.1, 0.15) is 37.8 Å². The van der Waals surface area contributed by atoms with Crippen LogP contribution in [0.4, 0.5) is 5.82 Å². The Balaban J connectivity index is 1.66. The fraction of sp³-hybridized carbons (Fsp3) is 0.588. The van der Waals surface area contributed by atoms with E-state index in [1.54, 1.807) is 0 Å². The first-order valence-electron chi connectivity index (χ1n) is 8.13. The highest BCUT2D eigenvalue weighted by molar-refractivity contribution is 9.08. The molecule has 2 aromatic heterocycles. The van der Waals surface area contributed by atoms with E-state index >= 15 is 0 Å². The van der Waals surface area contributed by atoms with Gasteiger partial charge in [0, 0.05) is 24.6 Å². The van der Waals surface area contributed by atoms with Gasteiger partial charge in [0.15, 0.2) is 5.82 Å². The summed E-state index contributed by atoms with van der Waals surface area (Å²) in [5, 5.41) is 0.859. The molecule has 0 N–H and O–H groups in total. The second-order valence-corrected chi connectivity index (χ2v) is 7.04. The number of nitrogens with zero attached hydrogens (tertiary/aromatic N) is 3. The maximum Gasteiger partial charge on any atom is 0.152 e. The molecule has 4 heteroatoms. The van der Waals surface area contributed by atoms with Crippen molar-refractivity contribution in [2.75, 3.05) is 18.0 Å². The Labute approximate surface area is 134 Å². The minimum atomic E-state index is 0.859. The molecule has 2 unspecified atom stereocenters. The molecule has 0 aromatic carbocycles. The molecular weight excluding hydrogens is 326 g/mol. The van der Waals surface area contributed by atoms with Gasteiger partial charge in [0.05, 0.1) is 5.69 Å². The van der Waals surface area contributed by atoms with Crippen LogP contribution >= 0.6 is 15.9 Å². The van der Waals surface area contributed by atoms with Gasteiger partial charge in [0.25, 0.3) is 0 Å². The average Bonchev–Trinajstić information content (AvgIpc) is 2.93. The van der Waals surface area contributed by atoms with Gasteiger partial charge in [-0.1, -0.05) is 41.3 Å². The van der Waals surface area contributed by atoms with Crippen molar-refractivity contribution in [1.82, 2.24) is 9.38 Å². The molecule has 1 aliphatic heterocycles. The molecule has 0 radical (unpaired) electrons. The molecule has 3 heterocycles. The van der Waals surface area contributed by atoms with Gasteiger partial charge in [0.1, 0.15) is 5.65 Å². The second kappa shape index (κ2) is 5.64. The Morgan fingerprint density at radius 3 is 2.86 bits per heavy atom. The smallest absolute Gasteiger partial charge is 0.152 e. The van der Waals surface area contributed by atoms with Gasteiger partial charge in [-0.2, -0.15) is 0 Å². The Morgan fingerprint density at radius 1 is 1.14 bits per heavy atom. The number of imidazole rings is 1. The third-order valence-corrected chi connectivity index (χ3v) is 5.86. The van der Waals surface area contributed by atoms with Crippen LogP contribution in [0.2, 0.25) is 0 Å². The van der Waals surface area contributed by atoms with Crippen molar-refractivity contribution in [3.8, 4) is 0 Å². The summed E-state index contributed by atoms with van der Waals surface area (Å²) in [4.78, 5) is 7.44. The van der Waals surface area contributed by atoms with Crippen molar-refractivity contribution >= 4 is 27.4 Å². The van der Waals surface area contributed by atoms with Gasteiger partial charge in [-0.15, -0.1) is 0 Å². The minimum absolute atomic E-state index is 0.859. The Bertz CT molecular complexity index is 636. The molecule has 4 rings (SSSR count). The summed E-state index contributed by atoms with van der Waals surface area (Å²) in [5.41, 5.74) is 2.35. The van der Waals surface area contributed by atoms with Crippen molar-refractivity contribution in [3.63, 3.8) is 0 Å². The van der Waals surface area contributed by atoms with Crippen LogP contribution in [0.5, 0.6) is 0 Å². The summed E-state index contributed by atoms with van der Waals surface area (Å²) >= 11 is 3.66. The first kappa shape index (κ1) is 13.6. The molecule has 1 saturated heterocycles. The summed E-state index contributed by atoms with van der Waals surface area (Å²) in [6.07, 6.45) is 9.21. The molecule has 112 valence electrons. The average molecular weight is 348 g/mol. The lowest BCUT2D eigenvalue weighted by atomic mass is 9.75. The molecule has 2 atom stereocenters. The molecule has 1 aliphatic carbocycles. The Kier molecular flexibility index (Phi) is 3.66. The van der Waals surface area contributed by atoms with E-state index in [1.165, 1.54) is 56.7 Å². The topological polar surface area (TPSA) is 20.5 Å². The lowest BCUT2D eigenvalue weighted by molar-refractivity contribution is 0.202. The lowest BCUT2D eigenvalue weighted by Crippen LogP contribution is -2.42. The molecule has 2 aliphatic rings. The van der Waals surface area contributed by atoms with E-state index in [9.17, 15) is 0 Å². The molecule has 3 nitrogen and oxygen atoms in total. The molecule has 1 saturated carbocycles.